The molecule has 0 bridgehead atoms. The SMILES string of the molecule is COc1cccc2sc(-c3oncc3C(=O)O)cc12. The molecule has 3 rings (SSSR count). The van der Waals surface area contributed by atoms with Crippen LogP contribution in [0.25, 0.3) is 20.7 Å². The van der Waals surface area contributed by atoms with Crippen molar-refractivity contribution >= 4 is 27.4 Å². The summed E-state index contributed by atoms with van der Waals surface area (Å²) >= 11 is 1.44. The predicted molar refractivity (Wildman–Crippen MR) is 70.8 cm³/mol. The van der Waals surface area contributed by atoms with Crippen molar-refractivity contribution in [1.29, 1.82) is 0 Å². The first-order valence-electron chi connectivity index (χ1n) is 5.45. The topological polar surface area (TPSA) is 72.6 Å². The Balaban J connectivity index is 2.21. The Labute approximate surface area is 112 Å². The molecule has 0 aliphatic rings. The van der Waals surface area contributed by atoms with Gasteiger partial charge in [-0.1, -0.05) is 11.2 Å². The van der Waals surface area contributed by atoms with Gasteiger partial charge in [0.05, 0.1) is 18.2 Å². The standard InChI is InChI=1S/C13H9NO4S/c1-17-9-3-2-4-10-7(9)5-11(19-10)12-8(13(15)16)6-14-18-12/h2-6H,1H3,(H,15,16). The Morgan fingerprint density at radius 2 is 2.32 bits per heavy atom. The predicted octanol–water partition coefficient (Wildman–Crippen LogP) is 3.26. The molecule has 5 nitrogen and oxygen atoms in total. The highest BCUT2D eigenvalue weighted by Gasteiger charge is 2.19. The molecule has 2 aromatic heterocycles. The summed E-state index contributed by atoms with van der Waals surface area (Å²) in [6, 6.07) is 7.55. The van der Waals surface area contributed by atoms with Gasteiger partial charge in [-0.05, 0) is 18.2 Å². The Kier molecular flexibility index (Phi) is 2.72. The highest BCUT2D eigenvalue weighted by Crippen LogP contribution is 2.38. The third-order valence-corrected chi connectivity index (χ3v) is 3.87. The lowest BCUT2D eigenvalue weighted by Crippen LogP contribution is -1.94. The summed E-state index contributed by atoms with van der Waals surface area (Å²) in [5.74, 6) is -0.0344. The molecule has 2 heterocycles. The van der Waals surface area contributed by atoms with Crippen molar-refractivity contribution < 1.29 is 19.2 Å². The van der Waals surface area contributed by atoms with Gasteiger partial charge in [-0.3, -0.25) is 0 Å². The van der Waals surface area contributed by atoms with Crippen LogP contribution < -0.4 is 4.74 Å². The fraction of sp³-hybridized carbons (Fsp3) is 0.0769. The molecule has 0 radical (unpaired) electrons. The van der Waals surface area contributed by atoms with Gasteiger partial charge in [0, 0.05) is 10.1 Å². The van der Waals surface area contributed by atoms with E-state index in [1.807, 2.05) is 24.3 Å². The number of hydrogen-bond donors (Lipinski definition) is 1. The van der Waals surface area contributed by atoms with E-state index in [0.29, 0.717) is 0 Å². The van der Waals surface area contributed by atoms with Crippen molar-refractivity contribution in [1.82, 2.24) is 5.16 Å². The number of nitrogens with zero attached hydrogens (tertiary/aromatic N) is 1. The van der Waals surface area contributed by atoms with Gasteiger partial charge in [0.2, 0.25) is 0 Å². The number of rotatable bonds is 3. The van der Waals surface area contributed by atoms with Crippen LogP contribution in [0.4, 0.5) is 0 Å². The van der Waals surface area contributed by atoms with E-state index in [-0.39, 0.29) is 11.3 Å². The summed E-state index contributed by atoms with van der Waals surface area (Å²) in [6.07, 6.45) is 1.21. The van der Waals surface area contributed by atoms with E-state index in [1.165, 1.54) is 17.5 Å². The van der Waals surface area contributed by atoms with Gasteiger partial charge < -0.3 is 14.4 Å². The van der Waals surface area contributed by atoms with Gasteiger partial charge in [0.15, 0.2) is 5.76 Å². The van der Waals surface area contributed by atoms with Crippen molar-refractivity contribution in [2.75, 3.05) is 7.11 Å². The van der Waals surface area contributed by atoms with Crippen LogP contribution in [0.3, 0.4) is 0 Å². The van der Waals surface area contributed by atoms with Crippen molar-refractivity contribution in [2.45, 2.75) is 0 Å². The third kappa shape index (κ3) is 1.86. The number of aromatic carboxylic acids is 1. The van der Waals surface area contributed by atoms with Gasteiger partial charge in [-0.2, -0.15) is 0 Å². The summed E-state index contributed by atoms with van der Waals surface area (Å²) in [5.41, 5.74) is 0.0607. The molecule has 1 N–H and O–H groups in total. The molecule has 0 spiro atoms. The van der Waals surface area contributed by atoms with E-state index < -0.39 is 5.97 Å². The fourth-order valence-corrected chi connectivity index (χ4v) is 2.96. The monoisotopic (exact) mass is 275 g/mol. The Bertz CT molecular complexity index is 759. The number of carbonyl (C=O) groups is 1. The van der Waals surface area contributed by atoms with E-state index in [1.54, 1.807) is 7.11 Å². The van der Waals surface area contributed by atoms with E-state index >= 15 is 0 Å². The maximum atomic E-state index is 11.1. The molecular formula is C13H9NO4S. The third-order valence-electron chi connectivity index (χ3n) is 2.77. The zero-order valence-electron chi connectivity index (χ0n) is 9.91. The average Bonchev–Trinajstić information content (AvgIpc) is 3.03. The lowest BCUT2D eigenvalue weighted by molar-refractivity contribution is 0.0697. The molecule has 0 aliphatic heterocycles. The highest BCUT2D eigenvalue weighted by atomic mass is 32.1. The van der Waals surface area contributed by atoms with Crippen LogP contribution >= 0.6 is 11.3 Å². The first-order valence-corrected chi connectivity index (χ1v) is 6.27. The van der Waals surface area contributed by atoms with Crippen LogP contribution in [0.5, 0.6) is 5.75 Å². The second-order valence-electron chi connectivity index (χ2n) is 3.86. The molecule has 96 valence electrons. The van der Waals surface area contributed by atoms with Crippen LogP contribution in [-0.2, 0) is 0 Å². The minimum Gasteiger partial charge on any atom is -0.496 e. The maximum absolute atomic E-state index is 11.1. The normalized spacial score (nSPS) is 10.8. The Morgan fingerprint density at radius 3 is 3.05 bits per heavy atom. The first kappa shape index (κ1) is 11.7. The Morgan fingerprint density at radius 1 is 1.47 bits per heavy atom. The number of ether oxygens (including phenoxy) is 1. The second kappa shape index (κ2) is 4.40. The fourth-order valence-electron chi connectivity index (χ4n) is 1.89. The number of fused-ring (bicyclic) bond motifs is 1. The zero-order valence-corrected chi connectivity index (χ0v) is 10.7. The van der Waals surface area contributed by atoms with E-state index in [0.717, 1.165) is 20.7 Å². The lowest BCUT2D eigenvalue weighted by Gasteiger charge is -1.99. The zero-order chi connectivity index (χ0) is 13.4. The summed E-state index contributed by atoms with van der Waals surface area (Å²) in [6.45, 7) is 0. The molecule has 0 saturated carbocycles. The molecule has 0 saturated heterocycles. The molecule has 3 aromatic rings. The number of methoxy groups -OCH3 is 1. The largest absolute Gasteiger partial charge is 0.496 e. The molecule has 19 heavy (non-hydrogen) atoms. The van der Waals surface area contributed by atoms with Gasteiger partial charge >= 0.3 is 5.97 Å². The number of aromatic nitrogens is 1. The summed E-state index contributed by atoms with van der Waals surface area (Å²) < 4.78 is 11.3. The summed E-state index contributed by atoms with van der Waals surface area (Å²) in [7, 11) is 1.60. The molecule has 0 aliphatic carbocycles. The summed E-state index contributed by atoms with van der Waals surface area (Å²) in [4.78, 5) is 11.8. The number of thiophene rings is 1. The molecular weight excluding hydrogens is 266 g/mol. The minimum atomic E-state index is -1.05. The van der Waals surface area contributed by atoms with Crippen LogP contribution in [0.1, 0.15) is 10.4 Å². The molecule has 0 fully saturated rings. The van der Waals surface area contributed by atoms with Crippen molar-refractivity contribution in [3.8, 4) is 16.4 Å². The average molecular weight is 275 g/mol. The molecule has 1 aromatic carbocycles. The van der Waals surface area contributed by atoms with Crippen molar-refractivity contribution in [3.63, 3.8) is 0 Å². The minimum absolute atomic E-state index is 0.0607. The molecule has 0 unspecified atom stereocenters. The number of carboxylic acids is 1. The number of benzene rings is 1. The van der Waals surface area contributed by atoms with E-state index in [2.05, 4.69) is 5.16 Å². The van der Waals surface area contributed by atoms with Crippen LogP contribution in [0.2, 0.25) is 0 Å². The Hall–Kier alpha value is -2.34. The quantitative estimate of drug-likeness (QED) is 0.794. The van der Waals surface area contributed by atoms with E-state index in [9.17, 15) is 4.79 Å². The van der Waals surface area contributed by atoms with Gasteiger partial charge in [0.25, 0.3) is 0 Å². The lowest BCUT2D eigenvalue weighted by atomic mass is 10.2. The first-order chi connectivity index (χ1) is 9.20. The number of carboxylic acid groups (broad SMARTS) is 1. The van der Waals surface area contributed by atoms with E-state index in [4.69, 9.17) is 14.4 Å². The molecule has 6 heteroatoms. The van der Waals surface area contributed by atoms with Crippen LogP contribution in [0.15, 0.2) is 35.0 Å². The van der Waals surface area contributed by atoms with Crippen LogP contribution in [-0.4, -0.2) is 23.3 Å². The van der Waals surface area contributed by atoms with Crippen LogP contribution in [0, 0.1) is 0 Å². The van der Waals surface area contributed by atoms with Gasteiger partial charge in [-0.15, -0.1) is 11.3 Å². The number of hydrogen-bond acceptors (Lipinski definition) is 5. The maximum Gasteiger partial charge on any atom is 0.341 e. The second-order valence-corrected chi connectivity index (χ2v) is 4.94. The van der Waals surface area contributed by atoms with Gasteiger partial charge in [-0.25, -0.2) is 4.79 Å². The molecule has 0 atom stereocenters. The van der Waals surface area contributed by atoms with Gasteiger partial charge in [0.1, 0.15) is 11.3 Å². The molecule has 0 amide bonds. The van der Waals surface area contributed by atoms with Crippen molar-refractivity contribution in [2.24, 2.45) is 0 Å². The van der Waals surface area contributed by atoms with Crippen molar-refractivity contribution in [3.05, 3.63) is 36.0 Å². The summed E-state index contributed by atoms with van der Waals surface area (Å²) in [5, 5.41) is 13.6. The smallest absolute Gasteiger partial charge is 0.341 e. The highest BCUT2D eigenvalue weighted by molar-refractivity contribution is 7.22.